The Morgan fingerprint density at radius 1 is 1.23 bits per heavy atom. The highest BCUT2D eigenvalue weighted by Gasteiger charge is 2.27. The second-order valence-electron chi connectivity index (χ2n) is 6.51. The first-order chi connectivity index (χ1) is 14.9. The Balaban J connectivity index is 1.63. The van der Waals surface area contributed by atoms with Gasteiger partial charge in [-0.25, -0.2) is 13.2 Å². The predicted octanol–water partition coefficient (Wildman–Crippen LogP) is 1.09. The zero-order chi connectivity index (χ0) is 22.3. The minimum Gasteiger partial charge on any atom is -0.411 e. The molecule has 31 heavy (non-hydrogen) atoms. The number of nitrogens with one attached hydrogen (secondary N) is 2. The Hall–Kier alpha value is -2.48. The minimum atomic E-state index is -3.66. The number of urea groups is 1. The molecule has 2 aromatic rings. The van der Waals surface area contributed by atoms with Crippen molar-refractivity contribution in [2.45, 2.75) is 23.5 Å². The molecule has 11 nitrogen and oxygen atoms in total. The molecule has 0 radical (unpaired) electrons. The largest absolute Gasteiger partial charge is 0.411 e. The van der Waals surface area contributed by atoms with Gasteiger partial charge < -0.3 is 14.5 Å². The SMILES string of the molecule is CCCNC(=O)NC(=O)CSc1nnc(-c2cccc(S(=O)(=O)N3CCOCC3)c2)o1. The summed E-state index contributed by atoms with van der Waals surface area (Å²) in [5.41, 5.74) is 0.442. The highest BCUT2D eigenvalue weighted by Crippen LogP contribution is 2.26. The van der Waals surface area contributed by atoms with Gasteiger partial charge in [-0.05, 0) is 24.6 Å². The van der Waals surface area contributed by atoms with Crippen molar-refractivity contribution in [2.24, 2.45) is 0 Å². The van der Waals surface area contributed by atoms with E-state index in [-0.39, 0.29) is 21.8 Å². The molecule has 13 heteroatoms. The molecule has 1 saturated heterocycles. The monoisotopic (exact) mass is 469 g/mol. The number of ether oxygens (including phenoxy) is 1. The van der Waals surface area contributed by atoms with E-state index >= 15 is 0 Å². The Labute approximate surface area is 184 Å². The number of nitrogens with zero attached hydrogens (tertiary/aromatic N) is 3. The molecule has 0 atom stereocenters. The first-order valence-corrected chi connectivity index (χ1v) is 12.0. The maximum absolute atomic E-state index is 12.8. The fourth-order valence-corrected chi connectivity index (χ4v) is 4.70. The molecule has 0 saturated carbocycles. The molecule has 2 N–H and O–H groups in total. The Kier molecular flexibility index (Phi) is 8.01. The zero-order valence-corrected chi connectivity index (χ0v) is 18.5. The first kappa shape index (κ1) is 23.2. The van der Waals surface area contributed by atoms with Crippen LogP contribution in [0.25, 0.3) is 11.5 Å². The highest BCUT2D eigenvalue weighted by atomic mass is 32.2. The van der Waals surface area contributed by atoms with Gasteiger partial charge in [0.1, 0.15) is 0 Å². The van der Waals surface area contributed by atoms with E-state index in [0.29, 0.717) is 38.4 Å². The molecule has 1 aliphatic heterocycles. The fraction of sp³-hybridized carbons (Fsp3) is 0.444. The van der Waals surface area contributed by atoms with E-state index in [1.807, 2.05) is 6.92 Å². The number of imide groups is 1. The molecule has 0 spiro atoms. The van der Waals surface area contributed by atoms with Crippen LogP contribution in [0.2, 0.25) is 0 Å². The number of aromatic nitrogens is 2. The van der Waals surface area contributed by atoms with Crippen molar-refractivity contribution in [3.63, 3.8) is 0 Å². The summed E-state index contributed by atoms with van der Waals surface area (Å²) in [6, 6.07) is 5.68. The average molecular weight is 470 g/mol. The fourth-order valence-electron chi connectivity index (χ4n) is 2.68. The van der Waals surface area contributed by atoms with Crippen molar-refractivity contribution in [1.29, 1.82) is 0 Å². The second kappa shape index (κ2) is 10.7. The summed E-state index contributed by atoms with van der Waals surface area (Å²) in [5, 5.41) is 12.7. The van der Waals surface area contributed by atoms with Gasteiger partial charge >= 0.3 is 6.03 Å². The van der Waals surface area contributed by atoms with E-state index in [1.54, 1.807) is 12.1 Å². The van der Waals surface area contributed by atoms with Crippen LogP contribution >= 0.6 is 11.8 Å². The standard InChI is InChI=1S/C18H23N5O6S2/c1-2-6-19-17(25)20-15(24)12-30-18-22-21-16(29-18)13-4-3-5-14(11-13)31(26,27)23-7-9-28-10-8-23/h3-5,11H,2,6-10,12H2,1H3,(H2,19,20,24,25). The van der Waals surface area contributed by atoms with Crippen molar-refractivity contribution in [2.75, 3.05) is 38.6 Å². The van der Waals surface area contributed by atoms with Crippen LogP contribution in [0.15, 0.2) is 38.8 Å². The minimum absolute atomic E-state index is 0.0906. The van der Waals surface area contributed by atoms with Gasteiger partial charge in [-0.1, -0.05) is 24.8 Å². The third kappa shape index (κ3) is 6.26. The van der Waals surface area contributed by atoms with E-state index in [2.05, 4.69) is 20.8 Å². The summed E-state index contributed by atoms with van der Waals surface area (Å²) in [6.45, 7) is 3.69. The second-order valence-corrected chi connectivity index (χ2v) is 9.37. The van der Waals surface area contributed by atoms with Crippen LogP contribution in [0, 0.1) is 0 Å². The number of hydrogen-bond donors (Lipinski definition) is 2. The number of carbonyl (C=O) groups excluding carboxylic acids is 2. The van der Waals surface area contributed by atoms with Crippen LogP contribution in [0.3, 0.4) is 0 Å². The Bertz CT molecular complexity index is 1020. The van der Waals surface area contributed by atoms with E-state index in [4.69, 9.17) is 9.15 Å². The van der Waals surface area contributed by atoms with Crippen molar-refractivity contribution < 1.29 is 27.2 Å². The molecule has 2 heterocycles. The zero-order valence-electron chi connectivity index (χ0n) is 16.9. The maximum atomic E-state index is 12.8. The molecular weight excluding hydrogens is 446 g/mol. The molecule has 0 unspecified atom stereocenters. The third-order valence-electron chi connectivity index (χ3n) is 4.21. The van der Waals surface area contributed by atoms with Gasteiger partial charge in [-0.15, -0.1) is 10.2 Å². The van der Waals surface area contributed by atoms with Crippen LogP contribution in [0.4, 0.5) is 4.79 Å². The Morgan fingerprint density at radius 2 is 2.00 bits per heavy atom. The summed E-state index contributed by atoms with van der Waals surface area (Å²) < 4.78 is 37.8. The predicted molar refractivity (Wildman–Crippen MR) is 112 cm³/mol. The highest BCUT2D eigenvalue weighted by molar-refractivity contribution is 7.99. The van der Waals surface area contributed by atoms with Gasteiger partial charge in [0.05, 0.1) is 23.9 Å². The average Bonchev–Trinajstić information content (AvgIpc) is 3.26. The van der Waals surface area contributed by atoms with Gasteiger partial charge in [0, 0.05) is 25.2 Å². The number of morpholine rings is 1. The van der Waals surface area contributed by atoms with E-state index < -0.39 is 22.0 Å². The molecule has 168 valence electrons. The number of rotatable bonds is 8. The molecular formula is C18H23N5O6S2. The summed E-state index contributed by atoms with van der Waals surface area (Å²) in [5.74, 6) is -0.466. The summed E-state index contributed by atoms with van der Waals surface area (Å²) in [6.07, 6.45) is 0.760. The van der Waals surface area contributed by atoms with Crippen molar-refractivity contribution in [3.8, 4) is 11.5 Å². The molecule has 1 aromatic heterocycles. The molecule has 3 amide bonds. The van der Waals surface area contributed by atoms with Gasteiger partial charge in [0.25, 0.3) is 5.22 Å². The molecule has 0 bridgehead atoms. The van der Waals surface area contributed by atoms with Gasteiger partial charge in [0.15, 0.2) is 0 Å². The van der Waals surface area contributed by atoms with Crippen LogP contribution in [-0.2, 0) is 19.6 Å². The lowest BCUT2D eigenvalue weighted by Crippen LogP contribution is -2.40. The van der Waals surface area contributed by atoms with E-state index in [1.165, 1.54) is 16.4 Å². The van der Waals surface area contributed by atoms with Crippen molar-refractivity contribution in [3.05, 3.63) is 24.3 Å². The third-order valence-corrected chi connectivity index (χ3v) is 6.92. The van der Waals surface area contributed by atoms with Crippen molar-refractivity contribution in [1.82, 2.24) is 25.1 Å². The first-order valence-electron chi connectivity index (χ1n) is 9.62. The summed E-state index contributed by atoms with van der Waals surface area (Å²) in [7, 11) is -3.66. The van der Waals surface area contributed by atoms with Gasteiger partial charge in [-0.2, -0.15) is 4.31 Å². The van der Waals surface area contributed by atoms with E-state index in [9.17, 15) is 18.0 Å². The number of benzene rings is 1. The lowest BCUT2D eigenvalue weighted by molar-refractivity contribution is -0.117. The molecule has 1 aromatic carbocycles. The van der Waals surface area contributed by atoms with Crippen LogP contribution in [0.1, 0.15) is 13.3 Å². The quantitative estimate of drug-likeness (QED) is 0.543. The smallest absolute Gasteiger partial charge is 0.321 e. The number of hydrogen-bond acceptors (Lipinski definition) is 9. The Morgan fingerprint density at radius 3 is 2.74 bits per heavy atom. The topological polar surface area (TPSA) is 144 Å². The molecule has 1 fully saturated rings. The van der Waals surface area contributed by atoms with Crippen molar-refractivity contribution >= 4 is 33.7 Å². The van der Waals surface area contributed by atoms with Gasteiger partial charge in [0.2, 0.25) is 21.8 Å². The maximum Gasteiger partial charge on any atom is 0.321 e. The molecule has 3 rings (SSSR count). The number of amides is 3. The van der Waals surface area contributed by atoms with Gasteiger partial charge in [-0.3, -0.25) is 10.1 Å². The summed E-state index contributed by atoms with van der Waals surface area (Å²) in [4.78, 5) is 23.4. The number of carbonyl (C=O) groups is 2. The summed E-state index contributed by atoms with van der Waals surface area (Å²) >= 11 is 0.970. The lowest BCUT2D eigenvalue weighted by Gasteiger charge is -2.26. The van der Waals surface area contributed by atoms with Crippen LogP contribution in [-0.4, -0.2) is 73.5 Å². The number of thioether (sulfide) groups is 1. The molecule has 0 aliphatic carbocycles. The lowest BCUT2D eigenvalue weighted by atomic mass is 10.2. The normalized spacial score (nSPS) is 14.9. The number of sulfonamides is 1. The van der Waals surface area contributed by atoms with Crippen LogP contribution < -0.4 is 10.6 Å². The van der Waals surface area contributed by atoms with E-state index in [0.717, 1.165) is 18.2 Å². The van der Waals surface area contributed by atoms with Crippen LogP contribution in [0.5, 0.6) is 0 Å². The molecule has 1 aliphatic rings.